The van der Waals surface area contributed by atoms with Gasteiger partial charge in [0.1, 0.15) is 18.8 Å². The molecule has 1 rings (SSSR count). The number of esters is 3. The lowest BCUT2D eigenvalue weighted by Crippen LogP contribution is -2.61. The zero-order chi connectivity index (χ0) is 53.3. The summed E-state index contributed by atoms with van der Waals surface area (Å²) in [6.45, 7) is 5.73. The molecule has 0 bridgehead atoms. The highest BCUT2D eigenvalue weighted by Gasteiger charge is 2.50. The van der Waals surface area contributed by atoms with Gasteiger partial charge in [-0.05, 0) is 77.0 Å². The van der Waals surface area contributed by atoms with Crippen molar-refractivity contribution in [3.63, 3.8) is 0 Å². The number of rotatable bonds is 47. The van der Waals surface area contributed by atoms with Crippen molar-refractivity contribution < 1.29 is 58.2 Å². The summed E-state index contributed by atoms with van der Waals surface area (Å²) < 4.78 is 28.2. The van der Waals surface area contributed by atoms with Crippen LogP contribution in [0.1, 0.15) is 226 Å². The number of allylic oxidation sites excluding steroid dienone is 13. The third-order valence-electron chi connectivity index (χ3n) is 12.5. The molecule has 12 nitrogen and oxygen atoms in total. The molecule has 6 unspecified atom stereocenters. The minimum absolute atomic E-state index is 0.0160. The van der Waals surface area contributed by atoms with E-state index in [4.69, 9.17) is 23.7 Å². The number of aliphatic carboxylic acids is 1. The summed E-state index contributed by atoms with van der Waals surface area (Å²) in [5.41, 5.74) is 0. The van der Waals surface area contributed by atoms with Gasteiger partial charge in [-0.1, -0.05) is 215 Å². The van der Waals surface area contributed by atoms with Crippen LogP contribution >= 0.6 is 0 Å². The average Bonchev–Trinajstić information content (AvgIpc) is 3.37. The van der Waals surface area contributed by atoms with Crippen molar-refractivity contribution in [1.82, 2.24) is 0 Å². The van der Waals surface area contributed by atoms with Crippen molar-refractivity contribution in [1.29, 1.82) is 0 Å². The second kappa shape index (κ2) is 48.8. The van der Waals surface area contributed by atoms with E-state index in [0.29, 0.717) is 19.3 Å². The van der Waals surface area contributed by atoms with Crippen LogP contribution in [0.25, 0.3) is 0 Å². The van der Waals surface area contributed by atoms with Gasteiger partial charge in [-0.2, -0.15) is 0 Å². The Morgan fingerprint density at radius 2 is 0.904 bits per heavy atom. The SMILES string of the molecule is CC/C=C\C/C=C\C/C=C\C/C=C\C/C=C\CC(=O)OCC(COC1OC(C(=O)O)C(O)C(O)C1OC(=O)CCCCCCCCCCC/C=C\C/C=C\CCCCC)OC(=O)CCCCCCCCCCC. The molecule has 416 valence electrons. The van der Waals surface area contributed by atoms with Crippen molar-refractivity contribution in [3.8, 4) is 0 Å². The number of aliphatic hydroxyl groups is 2. The van der Waals surface area contributed by atoms with Gasteiger partial charge in [-0.3, -0.25) is 14.4 Å². The van der Waals surface area contributed by atoms with E-state index in [9.17, 15) is 34.5 Å². The summed E-state index contributed by atoms with van der Waals surface area (Å²) in [7, 11) is 0. The summed E-state index contributed by atoms with van der Waals surface area (Å²) in [6, 6.07) is 0. The number of aliphatic hydroxyl groups excluding tert-OH is 2. The fourth-order valence-electron chi connectivity index (χ4n) is 8.12. The zero-order valence-electron chi connectivity index (χ0n) is 45.6. The highest BCUT2D eigenvalue weighted by Crippen LogP contribution is 2.26. The van der Waals surface area contributed by atoms with Gasteiger partial charge < -0.3 is 39.0 Å². The van der Waals surface area contributed by atoms with Gasteiger partial charge in [-0.15, -0.1) is 0 Å². The molecule has 3 N–H and O–H groups in total. The third kappa shape index (κ3) is 39.0. The number of unbranched alkanes of at least 4 members (excludes halogenated alkanes) is 20. The van der Waals surface area contributed by atoms with Crippen LogP contribution in [0.2, 0.25) is 0 Å². The summed E-state index contributed by atoms with van der Waals surface area (Å²) >= 11 is 0. The summed E-state index contributed by atoms with van der Waals surface area (Å²) in [4.78, 5) is 50.9. The van der Waals surface area contributed by atoms with Crippen LogP contribution in [0, 0.1) is 0 Å². The maximum atomic E-state index is 13.1. The second-order valence-electron chi connectivity index (χ2n) is 19.2. The molecule has 0 aromatic rings. The van der Waals surface area contributed by atoms with E-state index in [2.05, 4.69) is 87.6 Å². The van der Waals surface area contributed by atoms with E-state index < -0.39 is 67.3 Å². The van der Waals surface area contributed by atoms with Crippen molar-refractivity contribution >= 4 is 23.9 Å². The van der Waals surface area contributed by atoms with Crippen LogP contribution in [-0.2, 0) is 42.9 Å². The fourth-order valence-corrected chi connectivity index (χ4v) is 8.12. The Hall–Kier alpha value is -4.10. The molecule has 1 saturated heterocycles. The van der Waals surface area contributed by atoms with E-state index >= 15 is 0 Å². The van der Waals surface area contributed by atoms with E-state index in [1.165, 1.54) is 83.5 Å². The number of carbonyl (C=O) groups is 4. The molecule has 0 aromatic heterocycles. The smallest absolute Gasteiger partial charge is 0.335 e. The molecule has 6 atom stereocenters. The number of hydrogen-bond acceptors (Lipinski definition) is 11. The molecular weight excluding hydrogens is 925 g/mol. The molecule has 1 fully saturated rings. The second-order valence-corrected chi connectivity index (χ2v) is 19.2. The van der Waals surface area contributed by atoms with Crippen molar-refractivity contribution in [2.45, 2.75) is 263 Å². The first-order valence-electron chi connectivity index (χ1n) is 28.6. The summed E-state index contributed by atoms with van der Waals surface area (Å²) in [5.74, 6) is -3.29. The van der Waals surface area contributed by atoms with Crippen LogP contribution < -0.4 is 0 Å². The Balaban J connectivity index is 2.69. The van der Waals surface area contributed by atoms with Crippen molar-refractivity contribution in [3.05, 3.63) is 85.1 Å². The normalized spacial score (nSPS) is 18.9. The molecular formula is C61H100O12. The van der Waals surface area contributed by atoms with Gasteiger partial charge in [-0.25, -0.2) is 4.79 Å². The topological polar surface area (TPSA) is 175 Å². The lowest BCUT2D eigenvalue weighted by molar-refractivity contribution is -0.301. The van der Waals surface area contributed by atoms with E-state index in [0.717, 1.165) is 83.5 Å². The molecule has 0 amide bonds. The maximum absolute atomic E-state index is 13.1. The van der Waals surface area contributed by atoms with Gasteiger partial charge >= 0.3 is 23.9 Å². The Bertz CT molecular complexity index is 1590. The first kappa shape index (κ1) is 66.9. The monoisotopic (exact) mass is 1020 g/mol. The van der Waals surface area contributed by atoms with Gasteiger partial charge in [0, 0.05) is 12.8 Å². The predicted molar refractivity (Wildman–Crippen MR) is 294 cm³/mol. The molecule has 0 aromatic carbocycles. The summed E-state index contributed by atoms with van der Waals surface area (Å²) in [5, 5.41) is 31.4. The van der Waals surface area contributed by atoms with Gasteiger partial charge in [0.2, 0.25) is 0 Å². The predicted octanol–water partition coefficient (Wildman–Crippen LogP) is 14.3. The third-order valence-corrected chi connectivity index (χ3v) is 12.5. The van der Waals surface area contributed by atoms with Crippen LogP contribution in [-0.4, -0.2) is 89.2 Å². The lowest BCUT2D eigenvalue weighted by atomic mass is 9.98. The molecule has 0 spiro atoms. The highest BCUT2D eigenvalue weighted by molar-refractivity contribution is 5.74. The Morgan fingerprint density at radius 3 is 1.41 bits per heavy atom. The molecule has 1 heterocycles. The van der Waals surface area contributed by atoms with Crippen LogP contribution in [0.15, 0.2) is 85.1 Å². The zero-order valence-corrected chi connectivity index (χ0v) is 45.6. The van der Waals surface area contributed by atoms with Gasteiger partial charge in [0.05, 0.1) is 13.0 Å². The van der Waals surface area contributed by atoms with Crippen LogP contribution in [0.3, 0.4) is 0 Å². The largest absolute Gasteiger partial charge is 0.479 e. The van der Waals surface area contributed by atoms with Crippen LogP contribution in [0.5, 0.6) is 0 Å². The first-order chi connectivity index (χ1) is 35.6. The molecule has 0 radical (unpaired) electrons. The van der Waals surface area contributed by atoms with Crippen molar-refractivity contribution in [2.75, 3.05) is 13.2 Å². The Morgan fingerprint density at radius 1 is 0.479 bits per heavy atom. The molecule has 1 aliphatic heterocycles. The molecule has 0 saturated carbocycles. The fraction of sp³-hybridized carbons (Fsp3) is 0.705. The lowest BCUT2D eigenvalue weighted by Gasteiger charge is -2.40. The number of ether oxygens (including phenoxy) is 5. The minimum Gasteiger partial charge on any atom is -0.479 e. The Labute approximate surface area is 441 Å². The van der Waals surface area contributed by atoms with E-state index in [1.807, 2.05) is 12.2 Å². The average molecular weight is 1030 g/mol. The highest BCUT2D eigenvalue weighted by atomic mass is 16.7. The number of carboxylic acid groups (broad SMARTS) is 1. The van der Waals surface area contributed by atoms with E-state index in [1.54, 1.807) is 6.08 Å². The first-order valence-corrected chi connectivity index (χ1v) is 28.6. The standard InChI is InChI=1S/C61H100O12/c1-4-7-10-13-16-19-21-23-25-26-27-28-30-32-34-37-40-43-46-49-55(64)72-59-57(66)56(65)58(60(67)68)73-61(59)70-51-52(71-54(63)48-45-42-39-35-18-15-12-9-6-3)50-69-53(62)47-44-41-38-36-33-31-29-24-22-20-17-14-11-8-5-2/h8,11,16-17,19-20,23-25,29,33,36,41,44,52,56-59,61,65-66H,4-7,9-10,12-15,18,21-22,26-28,30-32,34-35,37-40,42-43,45-51H2,1-3H3,(H,67,68)/b11-8-,19-16-,20-17-,25-23-,29-24-,36-33-,44-41-. The van der Waals surface area contributed by atoms with Crippen LogP contribution in [0.4, 0.5) is 0 Å². The summed E-state index contributed by atoms with van der Waals surface area (Å²) in [6.07, 6.45) is 50.2. The molecule has 0 aliphatic carbocycles. The Kier molecular flexibility index (Phi) is 44.7. The van der Waals surface area contributed by atoms with Gasteiger partial charge in [0.25, 0.3) is 0 Å². The minimum atomic E-state index is -1.92. The quantitative estimate of drug-likeness (QED) is 0.0228. The molecule has 1 aliphatic rings. The van der Waals surface area contributed by atoms with Crippen molar-refractivity contribution in [2.24, 2.45) is 0 Å². The van der Waals surface area contributed by atoms with E-state index in [-0.39, 0.29) is 25.9 Å². The molecule has 12 heteroatoms. The number of carboxylic acids is 1. The molecule has 73 heavy (non-hydrogen) atoms. The maximum Gasteiger partial charge on any atom is 0.335 e. The number of carbonyl (C=O) groups excluding carboxylic acids is 3. The number of hydrogen-bond donors (Lipinski definition) is 3. The van der Waals surface area contributed by atoms with Gasteiger partial charge in [0.15, 0.2) is 24.6 Å².